The smallest absolute Gasteiger partial charge is 0.262 e. The number of likely N-dealkylation sites (tertiary alicyclic amines) is 1. The highest BCUT2D eigenvalue weighted by Crippen LogP contribution is 2.23. The molecule has 164 valence electrons. The Kier molecular flexibility index (Phi) is 7.02. The second-order valence-corrected chi connectivity index (χ2v) is 7.70. The average molecular weight is 431 g/mol. The number of hydrogen-bond acceptors (Lipinski definition) is 4. The van der Waals surface area contributed by atoms with Crippen molar-refractivity contribution in [3.8, 4) is 17.2 Å². The first-order chi connectivity index (χ1) is 15.7. The highest BCUT2D eigenvalue weighted by atomic mass is 16.5. The molecule has 32 heavy (non-hydrogen) atoms. The van der Waals surface area contributed by atoms with Crippen LogP contribution in [0.2, 0.25) is 0 Å². The molecule has 1 fully saturated rings. The number of nitrogens with zero attached hydrogens (tertiary/aromatic N) is 1. The summed E-state index contributed by atoms with van der Waals surface area (Å²) >= 11 is 0. The molecule has 1 saturated heterocycles. The number of amides is 2. The fraction of sp³-hybridized carbons (Fsp3) is 0.231. The molecule has 1 aliphatic heterocycles. The number of rotatable bonds is 8. The molecule has 0 unspecified atom stereocenters. The van der Waals surface area contributed by atoms with Gasteiger partial charge in [0.05, 0.1) is 0 Å². The van der Waals surface area contributed by atoms with Gasteiger partial charge in [-0.15, -0.1) is 0 Å². The molecule has 0 radical (unpaired) electrons. The molecular formula is C26H26N2O4. The Hall–Kier alpha value is -3.80. The van der Waals surface area contributed by atoms with Gasteiger partial charge in [-0.3, -0.25) is 9.59 Å². The Bertz CT molecular complexity index is 1050. The van der Waals surface area contributed by atoms with Crippen molar-refractivity contribution in [1.82, 2.24) is 4.90 Å². The maximum atomic E-state index is 12.3. The van der Waals surface area contributed by atoms with Gasteiger partial charge in [0, 0.05) is 25.2 Å². The highest BCUT2D eigenvalue weighted by molar-refractivity contribution is 5.92. The molecule has 0 spiro atoms. The Balaban J connectivity index is 1.26. The highest BCUT2D eigenvalue weighted by Gasteiger charge is 2.18. The Morgan fingerprint density at radius 2 is 1.62 bits per heavy atom. The zero-order valence-electron chi connectivity index (χ0n) is 17.8. The van der Waals surface area contributed by atoms with E-state index in [1.807, 2.05) is 59.5 Å². The van der Waals surface area contributed by atoms with Gasteiger partial charge in [0.15, 0.2) is 6.61 Å². The molecule has 1 heterocycles. The van der Waals surface area contributed by atoms with Gasteiger partial charge >= 0.3 is 0 Å². The van der Waals surface area contributed by atoms with Crippen LogP contribution < -0.4 is 14.8 Å². The Morgan fingerprint density at radius 1 is 0.875 bits per heavy atom. The zero-order chi connectivity index (χ0) is 22.2. The minimum Gasteiger partial charge on any atom is -0.484 e. The van der Waals surface area contributed by atoms with E-state index in [0.29, 0.717) is 30.2 Å². The summed E-state index contributed by atoms with van der Waals surface area (Å²) < 4.78 is 11.3. The summed E-state index contributed by atoms with van der Waals surface area (Å²) in [5.41, 5.74) is 1.68. The molecular weight excluding hydrogens is 404 g/mol. The minimum absolute atomic E-state index is 0.103. The van der Waals surface area contributed by atoms with Crippen molar-refractivity contribution in [2.24, 2.45) is 0 Å². The van der Waals surface area contributed by atoms with Crippen LogP contribution in [-0.4, -0.2) is 29.9 Å². The third-order valence-electron chi connectivity index (χ3n) is 5.18. The zero-order valence-corrected chi connectivity index (χ0v) is 17.8. The van der Waals surface area contributed by atoms with Crippen molar-refractivity contribution in [2.75, 3.05) is 18.5 Å². The number of para-hydroxylation sites is 1. The SMILES string of the molecule is O=C(COc1ccc(Oc2ccccc2)cc1)Nc1cccc(CN2CCCCC2=O)c1. The molecule has 0 aromatic heterocycles. The first-order valence-electron chi connectivity index (χ1n) is 10.8. The molecule has 6 heteroatoms. The molecule has 6 nitrogen and oxygen atoms in total. The lowest BCUT2D eigenvalue weighted by atomic mass is 10.1. The quantitative estimate of drug-likeness (QED) is 0.546. The lowest BCUT2D eigenvalue weighted by molar-refractivity contribution is -0.133. The van der Waals surface area contributed by atoms with E-state index in [0.717, 1.165) is 30.7 Å². The van der Waals surface area contributed by atoms with E-state index < -0.39 is 0 Å². The summed E-state index contributed by atoms with van der Waals surface area (Å²) in [6.07, 6.45) is 2.63. The summed E-state index contributed by atoms with van der Waals surface area (Å²) in [6.45, 7) is 1.25. The molecule has 0 atom stereocenters. The second-order valence-electron chi connectivity index (χ2n) is 7.70. The number of hydrogen-bond donors (Lipinski definition) is 1. The molecule has 0 bridgehead atoms. The normalized spacial score (nSPS) is 13.5. The molecule has 3 aromatic rings. The van der Waals surface area contributed by atoms with Crippen LogP contribution in [0.25, 0.3) is 0 Å². The van der Waals surface area contributed by atoms with Crippen molar-refractivity contribution in [1.29, 1.82) is 0 Å². The summed E-state index contributed by atoms with van der Waals surface area (Å²) in [5, 5.41) is 2.85. The van der Waals surface area contributed by atoms with E-state index in [4.69, 9.17) is 9.47 Å². The molecule has 4 rings (SSSR count). The third-order valence-corrected chi connectivity index (χ3v) is 5.18. The number of ether oxygens (including phenoxy) is 2. The lowest BCUT2D eigenvalue weighted by Crippen LogP contribution is -2.34. The molecule has 0 saturated carbocycles. The monoisotopic (exact) mass is 430 g/mol. The van der Waals surface area contributed by atoms with Crippen LogP contribution in [0.1, 0.15) is 24.8 Å². The van der Waals surface area contributed by atoms with E-state index in [-0.39, 0.29) is 18.4 Å². The van der Waals surface area contributed by atoms with E-state index in [1.54, 1.807) is 24.3 Å². The predicted molar refractivity (Wildman–Crippen MR) is 123 cm³/mol. The van der Waals surface area contributed by atoms with Crippen molar-refractivity contribution in [3.05, 3.63) is 84.4 Å². The van der Waals surface area contributed by atoms with Crippen LogP contribution in [0.3, 0.4) is 0 Å². The van der Waals surface area contributed by atoms with E-state index in [1.165, 1.54) is 0 Å². The standard InChI is InChI=1S/C26H26N2O4/c29-25(19-31-22-12-14-24(15-13-22)32-23-9-2-1-3-10-23)27-21-8-6-7-20(17-21)18-28-16-5-4-11-26(28)30/h1-3,6-10,12-15,17H,4-5,11,16,18-19H2,(H,27,29). The fourth-order valence-electron chi connectivity index (χ4n) is 3.57. The van der Waals surface area contributed by atoms with Crippen molar-refractivity contribution in [2.45, 2.75) is 25.8 Å². The second kappa shape index (κ2) is 10.5. The van der Waals surface area contributed by atoms with Gasteiger partial charge in [0.25, 0.3) is 5.91 Å². The molecule has 2 amide bonds. The van der Waals surface area contributed by atoms with Gasteiger partial charge in [-0.1, -0.05) is 30.3 Å². The number of benzene rings is 3. The van der Waals surface area contributed by atoms with Crippen LogP contribution in [-0.2, 0) is 16.1 Å². The summed E-state index contributed by atoms with van der Waals surface area (Å²) in [4.78, 5) is 26.2. The fourth-order valence-corrected chi connectivity index (χ4v) is 3.57. The van der Waals surface area contributed by atoms with Crippen molar-refractivity contribution >= 4 is 17.5 Å². The largest absolute Gasteiger partial charge is 0.484 e. The lowest BCUT2D eigenvalue weighted by Gasteiger charge is -2.26. The average Bonchev–Trinajstić information content (AvgIpc) is 2.81. The van der Waals surface area contributed by atoms with Gasteiger partial charge in [0.2, 0.25) is 5.91 Å². The van der Waals surface area contributed by atoms with Crippen LogP contribution in [0.4, 0.5) is 5.69 Å². The summed E-state index contributed by atoms with van der Waals surface area (Å²) in [5.74, 6) is 1.97. The van der Waals surface area contributed by atoms with Gasteiger partial charge < -0.3 is 19.7 Å². The van der Waals surface area contributed by atoms with Crippen LogP contribution in [0.5, 0.6) is 17.2 Å². The maximum Gasteiger partial charge on any atom is 0.262 e. The molecule has 1 aliphatic rings. The van der Waals surface area contributed by atoms with Gasteiger partial charge in [-0.25, -0.2) is 0 Å². The number of piperidine rings is 1. The van der Waals surface area contributed by atoms with E-state index in [9.17, 15) is 9.59 Å². The van der Waals surface area contributed by atoms with Crippen LogP contribution in [0, 0.1) is 0 Å². The van der Waals surface area contributed by atoms with Crippen molar-refractivity contribution in [3.63, 3.8) is 0 Å². The number of carbonyl (C=O) groups is 2. The van der Waals surface area contributed by atoms with E-state index >= 15 is 0 Å². The van der Waals surface area contributed by atoms with E-state index in [2.05, 4.69) is 5.32 Å². The number of anilines is 1. The Labute approximate surface area is 187 Å². The third kappa shape index (κ3) is 6.11. The van der Waals surface area contributed by atoms with Crippen molar-refractivity contribution < 1.29 is 19.1 Å². The first kappa shape index (κ1) is 21.4. The maximum absolute atomic E-state index is 12.3. The van der Waals surface area contributed by atoms with Crippen LogP contribution in [0.15, 0.2) is 78.9 Å². The summed E-state index contributed by atoms with van der Waals surface area (Å²) in [7, 11) is 0. The van der Waals surface area contributed by atoms with Gasteiger partial charge in [0.1, 0.15) is 17.2 Å². The first-order valence-corrected chi connectivity index (χ1v) is 10.8. The number of nitrogens with one attached hydrogen (secondary N) is 1. The summed E-state index contributed by atoms with van der Waals surface area (Å²) in [6, 6.07) is 24.2. The van der Waals surface area contributed by atoms with Gasteiger partial charge in [-0.2, -0.15) is 0 Å². The molecule has 0 aliphatic carbocycles. The Morgan fingerprint density at radius 3 is 2.41 bits per heavy atom. The molecule has 3 aromatic carbocycles. The van der Waals surface area contributed by atoms with Gasteiger partial charge in [-0.05, 0) is 66.9 Å². The minimum atomic E-state index is -0.249. The topological polar surface area (TPSA) is 67.9 Å². The number of carbonyl (C=O) groups excluding carboxylic acids is 2. The predicted octanol–water partition coefficient (Wildman–Crippen LogP) is 5.01. The molecule has 1 N–H and O–H groups in total. The van der Waals surface area contributed by atoms with Crippen LogP contribution >= 0.6 is 0 Å².